The molecule has 3 saturated heterocycles. The number of esters is 2. The highest BCUT2D eigenvalue weighted by atomic mass is 16.8. The molecule has 0 saturated carbocycles. The van der Waals surface area contributed by atoms with Crippen molar-refractivity contribution in [3.05, 3.63) is 108 Å². The van der Waals surface area contributed by atoms with Gasteiger partial charge in [-0.15, -0.1) is 0 Å². The lowest BCUT2D eigenvalue weighted by Crippen LogP contribution is -2.64. The predicted octanol–water partition coefficient (Wildman–Crippen LogP) is 3.96. The van der Waals surface area contributed by atoms with Crippen LogP contribution < -0.4 is 0 Å². The molecule has 11 atom stereocenters. The molecule has 0 unspecified atom stereocenters. The van der Waals surface area contributed by atoms with Gasteiger partial charge in [-0.2, -0.15) is 0 Å². The van der Waals surface area contributed by atoms with Crippen molar-refractivity contribution in [2.24, 2.45) is 0 Å². The first-order chi connectivity index (χ1) is 26.7. The number of hydrogen-bond donors (Lipinski definition) is 1. The summed E-state index contributed by atoms with van der Waals surface area (Å²) in [4.78, 5) is 37.3. The van der Waals surface area contributed by atoms with Crippen molar-refractivity contribution in [2.45, 2.75) is 108 Å². The number of fused-ring (bicyclic) bond motifs is 1. The van der Waals surface area contributed by atoms with Crippen molar-refractivity contribution in [1.29, 1.82) is 0 Å². The van der Waals surface area contributed by atoms with E-state index in [4.69, 9.17) is 47.4 Å². The molecule has 3 heterocycles. The monoisotopic (exact) mass is 764 g/mol. The highest BCUT2D eigenvalue weighted by Crippen LogP contribution is 2.37. The Hall–Kier alpha value is -4.09. The lowest BCUT2D eigenvalue weighted by atomic mass is 9.96. The van der Waals surface area contributed by atoms with Crippen LogP contribution in [-0.2, 0) is 75.0 Å². The number of ketones is 1. The highest BCUT2D eigenvalue weighted by Gasteiger charge is 2.54. The fourth-order valence-electron chi connectivity index (χ4n) is 6.73. The van der Waals surface area contributed by atoms with Crippen molar-refractivity contribution in [2.75, 3.05) is 20.3 Å². The molecule has 296 valence electrons. The topological polar surface area (TPSA) is 164 Å². The van der Waals surface area contributed by atoms with E-state index in [1.165, 1.54) is 21.0 Å². The molecule has 0 aromatic heterocycles. The lowest BCUT2D eigenvalue weighted by Gasteiger charge is -2.48. The molecule has 0 aliphatic carbocycles. The number of aliphatic hydroxyl groups excluding tert-OH is 1. The van der Waals surface area contributed by atoms with Crippen molar-refractivity contribution in [3.8, 4) is 0 Å². The summed E-state index contributed by atoms with van der Waals surface area (Å²) in [6.45, 7) is 2.65. The van der Waals surface area contributed by atoms with Crippen molar-refractivity contribution >= 4 is 17.7 Å². The standard InChI is InChI=1S/C41H48O14/c1-25(42)19-20-32(44)54-35-31(53-41(46-3)38(37(35)51-26(2)43)48-22-28-15-9-5-10-16-28)24-50-40-33(45)36(47-21-27-13-7-4-8-14-27)34-30(52-40)23-49-39(55-34)29-17-11-6-12-18-29/h4-18,30-31,33-41,45H,19-24H2,1-3H3/t30-,31-,33-,34+,35-,36-,37+,38-,39+,40-,41+/m1/s1. The Morgan fingerprint density at radius 3 is 1.91 bits per heavy atom. The first-order valence-electron chi connectivity index (χ1n) is 18.3. The summed E-state index contributed by atoms with van der Waals surface area (Å²) in [6, 6.07) is 28.3. The van der Waals surface area contributed by atoms with Gasteiger partial charge in [-0.05, 0) is 18.1 Å². The average Bonchev–Trinajstić information content (AvgIpc) is 3.20. The Balaban J connectivity index is 1.22. The van der Waals surface area contributed by atoms with Crippen LogP contribution in [0.5, 0.6) is 0 Å². The van der Waals surface area contributed by atoms with Crippen LogP contribution >= 0.6 is 0 Å². The van der Waals surface area contributed by atoms with E-state index in [1.54, 1.807) is 0 Å². The van der Waals surface area contributed by atoms with Gasteiger partial charge in [-0.3, -0.25) is 9.59 Å². The molecule has 3 aromatic carbocycles. The fourth-order valence-corrected chi connectivity index (χ4v) is 6.73. The molecule has 14 nitrogen and oxygen atoms in total. The lowest BCUT2D eigenvalue weighted by molar-refractivity contribution is -0.373. The average molecular weight is 765 g/mol. The normalized spacial score (nSPS) is 30.5. The van der Waals surface area contributed by atoms with Crippen LogP contribution in [0.3, 0.4) is 0 Å². The van der Waals surface area contributed by atoms with Gasteiger partial charge in [0.2, 0.25) is 0 Å². The number of carbonyl (C=O) groups is 3. The van der Waals surface area contributed by atoms with Crippen molar-refractivity contribution in [3.63, 3.8) is 0 Å². The summed E-state index contributed by atoms with van der Waals surface area (Å²) in [5.41, 5.74) is 2.52. The molecule has 0 radical (unpaired) electrons. The van der Waals surface area contributed by atoms with Crippen molar-refractivity contribution < 1.29 is 66.9 Å². The Labute approximate surface area is 319 Å². The third-order valence-electron chi connectivity index (χ3n) is 9.45. The number of ether oxygens (including phenoxy) is 10. The molecular formula is C41H48O14. The third kappa shape index (κ3) is 10.8. The van der Waals surface area contributed by atoms with Crippen LogP contribution in [-0.4, -0.2) is 105 Å². The second-order valence-electron chi connectivity index (χ2n) is 13.6. The molecule has 3 aromatic rings. The SMILES string of the molecule is CO[C@H]1O[C@H](CO[C@@H]2O[C@@H]3CO[C@H](c4ccccc4)O[C@@H]3[C@H](OCc3ccccc3)[C@H]2O)[C@@H](OC(=O)CCC(C)=O)[C@H](OC(C)=O)[C@H]1OCc1ccccc1. The summed E-state index contributed by atoms with van der Waals surface area (Å²) in [6.07, 6.45) is -11.7. The summed E-state index contributed by atoms with van der Waals surface area (Å²) < 4.78 is 61.0. The number of aliphatic hydroxyl groups is 1. The van der Waals surface area contributed by atoms with Gasteiger partial charge >= 0.3 is 11.9 Å². The van der Waals surface area contributed by atoms with Crippen molar-refractivity contribution in [1.82, 2.24) is 0 Å². The summed E-state index contributed by atoms with van der Waals surface area (Å²) in [7, 11) is 1.40. The summed E-state index contributed by atoms with van der Waals surface area (Å²) in [5, 5.41) is 11.8. The fraction of sp³-hybridized carbons (Fsp3) is 0.488. The number of rotatable bonds is 16. The number of hydrogen-bond acceptors (Lipinski definition) is 14. The predicted molar refractivity (Wildman–Crippen MR) is 192 cm³/mol. The Morgan fingerprint density at radius 2 is 1.31 bits per heavy atom. The molecule has 0 amide bonds. The number of Topliss-reactive ketones (excluding diaryl/α,β-unsaturated/α-hetero) is 1. The van der Waals surface area contributed by atoms with Crippen LogP contribution in [0.4, 0.5) is 0 Å². The van der Waals surface area contributed by atoms with Crippen LogP contribution in [0.15, 0.2) is 91.0 Å². The quantitative estimate of drug-likeness (QED) is 0.209. The summed E-state index contributed by atoms with van der Waals surface area (Å²) in [5.74, 6) is -1.59. The zero-order valence-corrected chi connectivity index (χ0v) is 31.0. The van der Waals surface area contributed by atoms with E-state index in [2.05, 4.69) is 0 Å². The summed E-state index contributed by atoms with van der Waals surface area (Å²) >= 11 is 0. The van der Waals surface area contributed by atoms with Gasteiger partial charge in [0, 0.05) is 26.0 Å². The zero-order chi connectivity index (χ0) is 38.7. The Bertz CT molecular complexity index is 1660. The maximum absolute atomic E-state index is 13.1. The maximum atomic E-state index is 13.1. The number of benzene rings is 3. The molecule has 1 N–H and O–H groups in total. The second-order valence-corrected chi connectivity index (χ2v) is 13.6. The largest absolute Gasteiger partial charge is 0.455 e. The van der Waals surface area contributed by atoms with E-state index >= 15 is 0 Å². The number of carbonyl (C=O) groups excluding carboxylic acids is 3. The highest BCUT2D eigenvalue weighted by molar-refractivity contribution is 5.81. The number of methoxy groups -OCH3 is 1. The van der Waals surface area contributed by atoms with Crippen LogP contribution in [0.1, 0.15) is 49.7 Å². The minimum atomic E-state index is -1.36. The van der Waals surface area contributed by atoms with Crippen LogP contribution in [0.25, 0.3) is 0 Å². The molecular weight excluding hydrogens is 716 g/mol. The maximum Gasteiger partial charge on any atom is 0.306 e. The van der Waals surface area contributed by atoms with E-state index in [0.29, 0.717) is 0 Å². The third-order valence-corrected chi connectivity index (χ3v) is 9.45. The van der Waals surface area contributed by atoms with Gasteiger partial charge in [0.15, 0.2) is 31.1 Å². The molecule has 6 rings (SSSR count). The van der Waals surface area contributed by atoms with E-state index in [1.807, 2.05) is 91.0 Å². The first kappa shape index (κ1) is 40.6. The van der Waals surface area contributed by atoms with E-state index in [9.17, 15) is 19.5 Å². The molecule has 3 aliphatic heterocycles. The molecule has 14 heteroatoms. The zero-order valence-electron chi connectivity index (χ0n) is 31.0. The second kappa shape index (κ2) is 19.7. The van der Waals surface area contributed by atoms with E-state index in [0.717, 1.165) is 16.7 Å². The molecule has 55 heavy (non-hydrogen) atoms. The molecule has 3 fully saturated rings. The Morgan fingerprint density at radius 1 is 0.691 bits per heavy atom. The van der Waals surface area contributed by atoms with Gasteiger partial charge in [0.25, 0.3) is 0 Å². The molecule has 0 spiro atoms. The van der Waals surface area contributed by atoms with Gasteiger partial charge in [-0.1, -0.05) is 91.0 Å². The Kier molecular flexibility index (Phi) is 14.5. The van der Waals surface area contributed by atoms with Crippen LogP contribution in [0.2, 0.25) is 0 Å². The van der Waals surface area contributed by atoms with Gasteiger partial charge in [0.05, 0.1) is 32.8 Å². The molecule has 0 bridgehead atoms. The van der Waals surface area contributed by atoms with Crippen LogP contribution in [0, 0.1) is 0 Å². The first-order valence-corrected chi connectivity index (χ1v) is 18.3. The molecule has 3 aliphatic rings. The smallest absolute Gasteiger partial charge is 0.306 e. The van der Waals surface area contributed by atoms with E-state index in [-0.39, 0.29) is 45.1 Å². The van der Waals surface area contributed by atoms with E-state index < -0.39 is 79.6 Å². The van der Waals surface area contributed by atoms with Gasteiger partial charge < -0.3 is 57.3 Å². The van der Waals surface area contributed by atoms with Gasteiger partial charge in [-0.25, -0.2) is 0 Å². The minimum absolute atomic E-state index is 0.0508. The minimum Gasteiger partial charge on any atom is -0.455 e. The van der Waals surface area contributed by atoms with Gasteiger partial charge in [0.1, 0.15) is 42.4 Å².